The molecule has 0 aliphatic rings. The van der Waals surface area contributed by atoms with Crippen molar-refractivity contribution in [1.29, 1.82) is 0 Å². The number of carbonyl (C=O) groups is 1. The van der Waals surface area contributed by atoms with Crippen LogP contribution in [0.25, 0.3) is 0 Å². The monoisotopic (exact) mass is 789 g/mol. The summed E-state index contributed by atoms with van der Waals surface area (Å²) in [5, 5.41) is 13.8. The molecule has 324 valence electrons. The Kier molecular flexibility index (Phi) is 41.7. The van der Waals surface area contributed by atoms with Gasteiger partial charge in [0.25, 0.3) is 0 Å². The predicted molar refractivity (Wildman–Crippen MR) is 231 cm³/mol. The van der Waals surface area contributed by atoms with Gasteiger partial charge < -0.3 is 21.1 Å². The van der Waals surface area contributed by atoms with Crippen molar-refractivity contribution in [2.45, 2.75) is 264 Å². The first kappa shape index (κ1) is 53.5. The molecule has 0 aliphatic carbocycles. The van der Waals surface area contributed by atoms with E-state index in [2.05, 4.69) is 19.2 Å². The van der Waals surface area contributed by atoms with E-state index in [-0.39, 0.29) is 25.7 Å². The molecule has 0 aromatic heterocycles. The number of rotatable bonds is 45. The van der Waals surface area contributed by atoms with Crippen molar-refractivity contribution in [3.05, 3.63) is 0 Å². The maximum Gasteiger partial charge on any atom is 0.472 e. The van der Waals surface area contributed by atoms with Crippen molar-refractivity contribution >= 4 is 13.7 Å². The number of nitrogens with two attached hydrogens (primary N) is 1. The van der Waals surface area contributed by atoms with Crippen molar-refractivity contribution in [3.8, 4) is 0 Å². The molecule has 8 nitrogen and oxygen atoms in total. The summed E-state index contributed by atoms with van der Waals surface area (Å²) < 4.78 is 22.2. The van der Waals surface area contributed by atoms with E-state index >= 15 is 0 Å². The molecular formula is C45H93N2O6P. The van der Waals surface area contributed by atoms with Crippen molar-refractivity contribution < 1.29 is 28.4 Å². The van der Waals surface area contributed by atoms with Gasteiger partial charge in [0.1, 0.15) is 0 Å². The average Bonchev–Trinajstić information content (AvgIpc) is 3.16. The van der Waals surface area contributed by atoms with E-state index in [1.54, 1.807) is 0 Å². The van der Waals surface area contributed by atoms with E-state index in [0.717, 1.165) is 38.5 Å². The molecule has 0 aromatic rings. The molecule has 0 radical (unpaired) electrons. The minimum atomic E-state index is -4.31. The van der Waals surface area contributed by atoms with Crippen LogP contribution in [0.2, 0.25) is 0 Å². The Bertz CT molecular complexity index is 819. The third-order valence-corrected chi connectivity index (χ3v) is 11.9. The highest BCUT2D eigenvalue weighted by molar-refractivity contribution is 7.47. The zero-order valence-electron chi connectivity index (χ0n) is 36.0. The van der Waals surface area contributed by atoms with E-state index in [9.17, 15) is 19.4 Å². The number of aliphatic hydroxyl groups is 1. The standard InChI is InChI=1S/C45H93N2O6P/c1-3-5-7-9-11-13-15-17-19-21-22-23-25-27-29-31-33-35-37-39-45(49)47-43(42-53-54(50,51)52-41-40-46)44(48)38-36-34-32-30-28-26-24-20-18-16-14-12-10-8-6-4-2/h43-44,48H,3-42,46H2,1-2H3,(H,47,49)(H,50,51)/t43-,44+/m0/s1. The first-order valence-corrected chi connectivity index (χ1v) is 25.1. The second-order valence-electron chi connectivity index (χ2n) is 16.3. The van der Waals surface area contributed by atoms with Gasteiger partial charge in [0.15, 0.2) is 0 Å². The Morgan fingerprint density at radius 1 is 0.537 bits per heavy atom. The number of unbranched alkanes of at least 4 members (excludes halogenated alkanes) is 33. The minimum absolute atomic E-state index is 0.0927. The lowest BCUT2D eigenvalue weighted by atomic mass is 10.0. The lowest BCUT2D eigenvalue weighted by Crippen LogP contribution is -2.46. The van der Waals surface area contributed by atoms with Crippen LogP contribution in [0.15, 0.2) is 0 Å². The van der Waals surface area contributed by atoms with Crippen LogP contribution in [0.3, 0.4) is 0 Å². The molecule has 0 aliphatic heterocycles. The molecule has 0 heterocycles. The second-order valence-corrected chi connectivity index (χ2v) is 17.8. The van der Waals surface area contributed by atoms with Crippen molar-refractivity contribution in [1.82, 2.24) is 5.32 Å². The van der Waals surface area contributed by atoms with Gasteiger partial charge in [-0.3, -0.25) is 13.8 Å². The highest BCUT2D eigenvalue weighted by atomic mass is 31.2. The number of phosphoric acid groups is 1. The molecular weight excluding hydrogens is 695 g/mol. The maximum absolute atomic E-state index is 12.8. The topological polar surface area (TPSA) is 131 Å². The number of phosphoric ester groups is 1. The Morgan fingerprint density at radius 3 is 1.19 bits per heavy atom. The molecule has 0 fully saturated rings. The van der Waals surface area contributed by atoms with E-state index in [1.807, 2.05) is 0 Å². The zero-order chi connectivity index (χ0) is 39.6. The molecule has 54 heavy (non-hydrogen) atoms. The van der Waals surface area contributed by atoms with Crippen LogP contribution in [-0.2, 0) is 18.4 Å². The summed E-state index contributed by atoms with van der Waals surface area (Å²) in [6, 6.07) is -0.767. The fourth-order valence-electron chi connectivity index (χ4n) is 7.37. The lowest BCUT2D eigenvalue weighted by molar-refractivity contribution is -0.123. The summed E-state index contributed by atoms with van der Waals surface area (Å²) in [5.74, 6) is -0.155. The van der Waals surface area contributed by atoms with Gasteiger partial charge in [0, 0.05) is 13.0 Å². The summed E-state index contributed by atoms with van der Waals surface area (Å²) in [4.78, 5) is 22.8. The molecule has 0 bridgehead atoms. The van der Waals surface area contributed by atoms with Crippen LogP contribution in [0.1, 0.15) is 251 Å². The highest BCUT2D eigenvalue weighted by Gasteiger charge is 2.27. The smallest absolute Gasteiger partial charge is 0.391 e. The lowest BCUT2D eigenvalue weighted by Gasteiger charge is -2.25. The van der Waals surface area contributed by atoms with Gasteiger partial charge in [-0.05, 0) is 12.8 Å². The Morgan fingerprint density at radius 2 is 0.852 bits per heavy atom. The van der Waals surface area contributed by atoms with E-state index in [4.69, 9.17) is 14.8 Å². The van der Waals surface area contributed by atoms with Crippen LogP contribution >= 0.6 is 7.82 Å². The van der Waals surface area contributed by atoms with Gasteiger partial charge in [-0.25, -0.2) is 4.57 Å². The van der Waals surface area contributed by atoms with Crippen LogP contribution in [0.5, 0.6) is 0 Å². The second kappa shape index (κ2) is 42.1. The molecule has 0 spiro atoms. The molecule has 9 heteroatoms. The minimum Gasteiger partial charge on any atom is -0.391 e. The molecule has 1 amide bonds. The third-order valence-electron chi connectivity index (χ3n) is 11.0. The molecule has 1 unspecified atom stereocenters. The van der Waals surface area contributed by atoms with E-state index in [0.29, 0.717) is 12.8 Å². The molecule has 0 aromatic carbocycles. The number of carbonyl (C=O) groups excluding carboxylic acids is 1. The SMILES string of the molecule is CCCCCCCCCCCCCCCCCCCCCC(=O)N[C@@H](COP(=O)(O)OCCN)[C@H](O)CCCCCCCCCCCCCCCCCC. The van der Waals surface area contributed by atoms with Crippen LogP contribution in [-0.4, -0.2) is 47.8 Å². The summed E-state index contributed by atoms with van der Waals surface area (Å²) in [5.41, 5.74) is 5.39. The zero-order valence-corrected chi connectivity index (χ0v) is 36.9. The fourth-order valence-corrected chi connectivity index (χ4v) is 8.13. The van der Waals surface area contributed by atoms with Gasteiger partial charge in [-0.15, -0.1) is 0 Å². The number of hydrogen-bond donors (Lipinski definition) is 4. The van der Waals surface area contributed by atoms with Crippen LogP contribution in [0, 0.1) is 0 Å². The van der Waals surface area contributed by atoms with Gasteiger partial charge in [-0.2, -0.15) is 0 Å². The predicted octanol–water partition coefficient (Wildman–Crippen LogP) is 13.4. The van der Waals surface area contributed by atoms with Crippen LogP contribution in [0.4, 0.5) is 0 Å². The summed E-state index contributed by atoms with van der Waals surface area (Å²) in [6.45, 7) is 4.25. The van der Waals surface area contributed by atoms with Crippen molar-refractivity contribution in [2.75, 3.05) is 19.8 Å². The first-order chi connectivity index (χ1) is 26.4. The van der Waals surface area contributed by atoms with Gasteiger partial charge in [-0.1, -0.05) is 232 Å². The Hall–Kier alpha value is -0.500. The third kappa shape index (κ3) is 39.7. The largest absolute Gasteiger partial charge is 0.472 e. The summed E-state index contributed by atoms with van der Waals surface area (Å²) >= 11 is 0. The van der Waals surface area contributed by atoms with E-state index < -0.39 is 20.0 Å². The number of hydrogen-bond acceptors (Lipinski definition) is 6. The number of nitrogens with one attached hydrogen (secondary N) is 1. The molecule has 0 rings (SSSR count). The number of aliphatic hydroxyl groups excluding tert-OH is 1. The highest BCUT2D eigenvalue weighted by Crippen LogP contribution is 2.43. The molecule has 3 atom stereocenters. The van der Waals surface area contributed by atoms with Crippen molar-refractivity contribution in [3.63, 3.8) is 0 Å². The van der Waals surface area contributed by atoms with E-state index in [1.165, 1.54) is 186 Å². The first-order valence-electron chi connectivity index (χ1n) is 23.7. The van der Waals surface area contributed by atoms with Crippen LogP contribution < -0.4 is 11.1 Å². The molecule has 0 saturated heterocycles. The Labute approximate surface area is 335 Å². The van der Waals surface area contributed by atoms with Gasteiger partial charge in [0.2, 0.25) is 5.91 Å². The Balaban J connectivity index is 4.06. The maximum atomic E-state index is 12.8. The summed E-state index contributed by atoms with van der Waals surface area (Å²) in [6.07, 6.45) is 45.4. The molecule has 0 saturated carbocycles. The van der Waals surface area contributed by atoms with Crippen molar-refractivity contribution in [2.24, 2.45) is 5.73 Å². The number of amides is 1. The van der Waals surface area contributed by atoms with Gasteiger partial charge in [0.05, 0.1) is 25.4 Å². The fraction of sp³-hybridized carbons (Fsp3) is 0.978. The summed E-state index contributed by atoms with van der Waals surface area (Å²) in [7, 11) is -4.31. The normalized spacial score (nSPS) is 13.9. The quantitative estimate of drug-likeness (QED) is 0.0357. The van der Waals surface area contributed by atoms with Gasteiger partial charge >= 0.3 is 7.82 Å². The average molecular weight is 789 g/mol. The molecule has 5 N–H and O–H groups in total.